The molecule has 10 amide bonds. The quantitative estimate of drug-likeness (QED) is 0.0456. The molecule has 24 heteroatoms. The van der Waals surface area contributed by atoms with Crippen LogP contribution in [0.5, 0.6) is 5.75 Å². The summed E-state index contributed by atoms with van der Waals surface area (Å²) in [6, 6.07) is -1.24. The third-order valence-electron chi connectivity index (χ3n) is 13.5. The van der Waals surface area contributed by atoms with E-state index in [2.05, 4.69) is 58.3 Å². The summed E-state index contributed by atoms with van der Waals surface area (Å²) in [4.78, 5) is 134. The van der Waals surface area contributed by atoms with Gasteiger partial charge in [-0.05, 0) is 101 Å². The largest absolute Gasteiger partial charge is 0.497 e. The van der Waals surface area contributed by atoms with Gasteiger partial charge < -0.3 is 63.6 Å². The first-order valence-electron chi connectivity index (χ1n) is 27.3. The Hall–Kier alpha value is -6.85. The molecule has 0 aromatic heterocycles. The molecule has 0 saturated carbocycles. The van der Waals surface area contributed by atoms with E-state index in [-0.39, 0.29) is 80.6 Å². The Morgan fingerprint density at radius 3 is 1.77 bits per heavy atom. The van der Waals surface area contributed by atoms with Crippen LogP contribution in [0.1, 0.15) is 140 Å². The van der Waals surface area contributed by atoms with Gasteiger partial charge in [-0.1, -0.05) is 55.4 Å². The number of nitrogens with one attached hydrogen (secondary N) is 10. The van der Waals surface area contributed by atoms with Crippen molar-refractivity contribution in [3.63, 3.8) is 0 Å². The van der Waals surface area contributed by atoms with Crippen LogP contribution < -0.4 is 68.6 Å². The number of anilines is 1. The fourth-order valence-electron chi connectivity index (χ4n) is 8.82. The molecule has 3 rings (SSSR count). The molecule has 12 N–H and O–H groups in total. The number of methoxy groups -OCH3 is 1. The van der Waals surface area contributed by atoms with Gasteiger partial charge in [0, 0.05) is 58.1 Å². The third-order valence-corrected chi connectivity index (χ3v) is 13.5. The van der Waals surface area contributed by atoms with Crippen LogP contribution in [0.3, 0.4) is 0 Å². The monoisotopic (exact) mass is 1100 g/mol. The molecule has 7 atom stereocenters. The van der Waals surface area contributed by atoms with Gasteiger partial charge in [0.2, 0.25) is 53.2 Å². The molecule has 1 aromatic carbocycles. The van der Waals surface area contributed by atoms with E-state index in [1.807, 2.05) is 33.8 Å². The minimum Gasteiger partial charge on any atom is -0.497 e. The van der Waals surface area contributed by atoms with E-state index < -0.39 is 101 Å². The Labute approximate surface area is 459 Å². The number of hydrogen-bond acceptors (Lipinski definition) is 14. The van der Waals surface area contributed by atoms with E-state index in [4.69, 9.17) is 10.5 Å². The molecule has 0 radical (unpaired) electrons. The van der Waals surface area contributed by atoms with E-state index in [0.717, 1.165) is 5.56 Å². The first kappa shape index (κ1) is 65.4. The lowest BCUT2D eigenvalue weighted by Crippen LogP contribution is -2.64. The van der Waals surface area contributed by atoms with Crippen molar-refractivity contribution < 1.29 is 52.7 Å². The van der Waals surface area contributed by atoms with E-state index >= 15 is 0 Å². The van der Waals surface area contributed by atoms with E-state index in [1.165, 1.54) is 27.7 Å². The molecule has 436 valence electrons. The third kappa shape index (κ3) is 20.2. The zero-order chi connectivity index (χ0) is 58.6. The second-order valence-electron chi connectivity index (χ2n) is 22.2. The maximum Gasteiger partial charge on any atom is 0.267 e. The SMILES string of the molecule is COc1ccc2c(c1)CNC(=O)C1CC(C(=O)NCCCCC(NC(=O)C(NC(=O)C(C)(C)NC(=O)C(CC(C)C)NC(=O)C(CCCCNC(C)=O)NC(=O)C(NC(C)=O)C(C)C)C(C)C)C(=O)NC(CN)C(C)C)=NN21. The number of nitrogens with zero attached hydrogens (tertiary/aromatic N) is 2. The second kappa shape index (κ2) is 30.9. The van der Waals surface area contributed by atoms with Crippen LogP contribution in [-0.4, -0.2) is 139 Å². The summed E-state index contributed by atoms with van der Waals surface area (Å²) in [5.41, 5.74) is 6.01. The van der Waals surface area contributed by atoms with Crippen molar-refractivity contribution in [3.05, 3.63) is 23.8 Å². The number of rotatable bonds is 31. The lowest BCUT2D eigenvalue weighted by atomic mass is 9.97. The van der Waals surface area contributed by atoms with Crippen LogP contribution in [0.15, 0.2) is 23.3 Å². The number of amides is 10. The van der Waals surface area contributed by atoms with E-state index in [0.29, 0.717) is 43.7 Å². The molecule has 0 fully saturated rings. The molecule has 78 heavy (non-hydrogen) atoms. The normalized spacial score (nSPS) is 16.4. The fraction of sp³-hybridized carbons (Fsp3) is 0.685. The Morgan fingerprint density at radius 1 is 0.705 bits per heavy atom. The van der Waals surface area contributed by atoms with Crippen molar-refractivity contribution in [1.82, 2.24) is 53.2 Å². The lowest BCUT2D eigenvalue weighted by Gasteiger charge is -2.32. The van der Waals surface area contributed by atoms with Crippen molar-refractivity contribution in [2.45, 2.75) is 189 Å². The predicted molar refractivity (Wildman–Crippen MR) is 295 cm³/mol. The summed E-state index contributed by atoms with van der Waals surface area (Å²) in [6.45, 7) is 21.0. The van der Waals surface area contributed by atoms with Crippen LogP contribution in [0, 0.1) is 23.7 Å². The average molecular weight is 1100 g/mol. The first-order valence-corrected chi connectivity index (χ1v) is 27.3. The van der Waals surface area contributed by atoms with Crippen molar-refractivity contribution in [3.8, 4) is 5.75 Å². The molecule has 24 nitrogen and oxygen atoms in total. The number of ether oxygens (including phenoxy) is 1. The van der Waals surface area contributed by atoms with Gasteiger partial charge in [-0.25, -0.2) is 0 Å². The molecular formula is C54H89N13O11. The number of hydrazone groups is 1. The summed E-state index contributed by atoms with van der Waals surface area (Å²) >= 11 is 0. The number of hydrogen-bond donors (Lipinski definition) is 11. The van der Waals surface area contributed by atoms with Gasteiger partial charge in [-0.3, -0.25) is 53.0 Å². The molecule has 0 aliphatic carbocycles. The van der Waals surface area contributed by atoms with Gasteiger partial charge in [0.05, 0.1) is 12.8 Å². The number of fused-ring (bicyclic) bond motifs is 3. The first-order chi connectivity index (χ1) is 36.6. The highest BCUT2D eigenvalue weighted by Gasteiger charge is 2.40. The van der Waals surface area contributed by atoms with Gasteiger partial charge in [-0.15, -0.1) is 0 Å². The van der Waals surface area contributed by atoms with Crippen molar-refractivity contribution >= 4 is 70.5 Å². The topological polar surface area (TPSA) is 342 Å². The summed E-state index contributed by atoms with van der Waals surface area (Å²) < 4.78 is 5.34. The number of benzene rings is 1. The van der Waals surface area contributed by atoms with Crippen molar-refractivity contribution in [2.24, 2.45) is 34.5 Å². The van der Waals surface area contributed by atoms with E-state index in [9.17, 15) is 47.9 Å². The molecular weight excluding hydrogens is 1010 g/mol. The van der Waals surface area contributed by atoms with Gasteiger partial charge in [0.15, 0.2) is 0 Å². The molecule has 7 unspecified atom stereocenters. The summed E-state index contributed by atoms with van der Waals surface area (Å²) in [6.07, 6.45) is 2.22. The molecule has 2 aliphatic rings. The Balaban J connectivity index is 1.73. The van der Waals surface area contributed by atoms with Crippen LogP contribution in [0.2, 0.25) is 0 Å². The number of carbonyl (C=O) groups is 10. The van der Waals surface area contributed by atoms with Gasteiger partial charge in [0.1, 0.15) is 53.3 Å². The van der Waals surface area contributed by atoms with Crippen LogP contribution in [0.25, 0.3) is 0 Å². The van der Waals surface area contributed by atoms with Gasteiger partial charge >= 0.3 is 0 Å². The molecule has 0 spiro atoms. The number of nitrogens with two attached hydrogens (primary N) is 1. The van der Waals surface area contributed by atoms with Gasteiger partial charge in [0.25, 0.3) is 5.91 Å². The minimum absolute atomic E-state index is 0.0300. The van der Waals surface area contributed by atoms with Gasteiger partial charge in [-0.2, -0.15) is 5.10 Å². The maximum atomic E-state index is 14.2. The van der Waals surface area contributed by atoms with Crippen LogP contribution >= 0.6 is 0 Å². The Bertz CT molecular complexity index is 2320. The Kier molecular flexibility index (Phi) is 25.9. The molecule has 1 aromatic rings. The highest BCUT2D eigenvalue weighted by Crippen LogP contribution is 2.33. The summed E-state index contributed by atoms with van der Waals surface area (Å²) in [7, 11) is 1.55. The smallest absolute Gasteiger partial charge is 0.267 e. The van der Waals surface area contributed by atoms with Crippen molar-refractivity contribution in [1.29, 1.82) is 0 Å². The number of carbonyl (C=O) groups excluding carboxylic acids is 10. The Morgan fingerprint density at radius 2 is 1.26 bits per heavy atom. The zero-order valence-corrected chi connectivity index (χ0v) is 48.0. The number of unbranched alkanes of at least 4 members (excludes halogenated alkanes) is 2. The van der Waals surface area contributed by atoms with Crippen molar-refractivity contribution in [2.75, 3.05) is 31.8 Å². The minimum atomic E-state index is -1.65. The summed E-state index contributed by atoms with van der Waals surface area (Å²) in [5.74, 6) is -5.54. The molecule has 0 saturated heterocycles. The molecule has 2 heterocycles. The van der Waals surface area contributed by atoms with Crippen LogP contribution in [-0.2, 0) is 54.5 Å². The standard InChI is InChI=1S/C54H89N13O11/c1-29(2)24-39(62-47(71)37(18-14-16-22-56-33(9)68)60-51(75)44(31(5)6)59-34(10)69)49(73)65-54(11,12)53(77)64-45(32(7)8)52(76)61-38(48(72)63-41(27-55)30(3)4)19-15-17-23-57-46(70)40-26-43-50(74)58-28-35-25-36(78-13)20-21-42(35)67(43)66-40/h20-21,25,29-32,37-39,41,43-45H,14-19,22-24,26-28,55H2,1-13H3,(H,56,68)(H,57,70)(H,58,74)(H,59,69)(H,60,75)(H,61,76)(H,62,71)(H,63,72)(H,64,77)(H,65,73). The molecule has 2 aliphatic heterocycles. The molecule has 0 bridgehead atoms. The highest BCUT2D eigenvalue weighted by atomic mass is 16.5. The van der Waals surface area contributed by atoms with Crippen LogP contribution in [0.4, 0.5) is 5.69 Å². The van der Waals surface area contributed by atoms with E-state index in [1.54, 1.807) is 51.9 Å². The maximum absolute atomic E-state index is 14.2. The highest BCUT2D eigenvalue weighted by molar-refractivity contribution is 6.40. The summed E-state index contributed by atoms with van der Waals surface area (Å²) in [5, 5.41) is 33.9. The lowest BCUT2D eigenvalue weighted by molar-refractivity contribution is -0.138. The zero-order valence-electron chi connectivity index (χ0n) is 48.0. The predicted octanol–water partition coefficient (Wildman–Crippen LogP) is 0.649. The fourth-order valence-corrected chi connectivity index (χ4v) is 8.82. The average Bonchev–Trinajstić information content (AvgIpc) is 3.77. The second-order valence-corrected chi connectivity index (χ2v) is 22.2.